The number of aryl methyl sites for hydroxylation is 1. The molecule has 12 heteroatoms. The SMILES string of the molecule is CCOc1cc([C@H]2c3sc(=O)[nH]c3SC3C2[C@H]2C[C@@H]3C3C(=O)N(c4ccc(F)cc4)C(=O)C32)ccc1OCC(=O)Nc1ccc(C)cc1. The number of hydrogen-bond acceptors (Lipinski definition) is 8. The number of carbonyl (C=O) groups excluding carboxylic acids is 3. The molecule has 1 aromatic heterocycles. The summed E-state index contributed by atoms with van der Waals surface area (Å²) in [6.45, 7) is 4.00. The van der Waals surface area contributed by atoms with E-state index in [4.69, 9.17) is 9.47 Å². The zero-order valence-corrected chi connectivity index (χ0v) is 27.7. The Bertz CT molecular complexity index is 1990. The van der Waals surface area contributed by atoms with E-state index < -0.39 is 17.7 Å². The lowest BCUT2D eigenvalue weighted by Crippen LogP contribution is -2.42. The maximum absolute atomic E-state index is 14.0. The third-order valence-electron chi connectivity index (χ3n) is 10.1. The number of fused-ring (bicyclic) bond motifs is 9. The molecule has 7 atom stereocenters. The van der Waals surface area contributed by atoms with E-state index in [2.05, 4.69) is 10.3 Å². The number of hydrogen-bond donors (Lipinski definition) is 2. The zero-order chi connectivity index (χ0) is 33.3. The van der Waals surface area contributed by atoms with Gasteiger partial charge < -0.3 is 19.8 Å². The minimum absolute atomic E-state index is 0.00773. The van der Waals surface area contributed by atoms with Crippen LogP contribution in [0.5, 0.6) is 11.5 Å². The van der Waals surface area contributed by atoms with Gasteiger partial charge in [-0.15, -0.1) is 11.8 Å². The highest BCUT2D eigenvalue weighted by molar-refractivity contribution is 8.00. The van der Waals surface area contributed by atoms with E-state index in [1.807, 2.05) is 50.2 Å². The summed E-state index contributed by atoms with van der Waals surface area (Å²) in [5.74, 6) is -1.57. The van der Waals surface area contributed by atoms with Gasteiger partial charge in [-0.3, -0.25) is 24.1 Å². The van der Waals surface area contributed by atoms with Crippen molar-refractivity contribution in [3.63, 3.8) is 0 Å². The van der Waals surface area contributed by atoms with Crippen molar-refractivity contribution in [3.8, 4) is 11.5 Å². The molecule has 4 unspecified atom stereocenters. The van der Waals surface area contributed by atoms with E-state index in [0.29, 0.717) is 29.5 Å². The highest BCUT2D eigenvalue weighted by Gasteiger charge is 2.69. The third kappa shape index (κ3) is 5.04. The Kier molecular flexibility index (Phi) is 7.67. The number of imide groups is 1. The predicted molar refractivity (Wildman–Crippen MR) is 180 cm³/mol. The van der Waals surface area contributed by atoms with Crippen LogP contribution in [0.25, 0.3) is 0 Å². The van der Waals surface area contributed by atoms with Crippen LogP contribution in [0.1, 0.15) is 35.3 Å². The Morgan fingerprint density at radius 2 is 1.69 bits per heavy atom. The number of halogens is 1. The van der Waals surface area contributed by atoms with Crippen molar-refractivity contribution in [1.82, 2.24) is 4.98 Å². The smallest absolute Gasteiger partial charge is 0.305 e. The third-order valence-corrected chi connectivity index (χ3v) is 12.7. The van der Waals surface area contributed by atoms with E-state index in [-0.39, 0.29) is 58.1 Å². The molecule has 3 heterocycles. The summed E-state index contributed by atoms with van der Waals surface area (Å²) in [5, 5.41) is 3.66. The van der Waals surface area contributed by atoms with Crippen LogP contribution in [0.4, 0.5) is 15.8 Å². The number of carbonyl (C=O) groups is 3. The largest absolute Gasteiger partial charge is 0.490 e. The number of rotatable bonds is 8. The minimum atomic E-state index is -0.477. The van der Waals surface area contributed by atoms with Crippen LogP contribution in [0.3, 0.4) is 0 Å². The predicted octanol–water partition coefficient (Wildman–Crippen LogP) is 5.98. The number of aromatic amines is 1. The van der Waals surface area contributed by atoms with E-state index in [1.165, 1.54) is 40.5 Å². The second-order valence-corrected chi connectivity index (χ2v) is 15.0. The van der Waals surface area contributed by atoms with Gasteiger partial charge in [0.25, 0.3) is 5.91 Å². The van der Waals surface area contributed by atoms with Gasteiger partial charge in [-0.25, -0.2) is 4.39 Å². The number of aromatic nitrogens is 1. The average molecular weight is 686 g/mol. The fraction of sp³-hybridized carbons (Fsp3) is 0.333. The second-order valence-electron chi connectivity index (χ2n) is 12.8. The Balaban J connectivity index is 1.10. The fourth-order valence-corrected chi connectivity index (χ4v) is 11.2. The fourth-order valence-electron chi connectivity index (χ4n) is 8.32. The molecule has 2 N–H and O–H groups in total. The molecule has 9 nitrogen and oxygen atoms in total. The van der Waals surface area contributed by atoms with Crippen LogP contribution in [-0.2, 0) is 14.4 Å². The minimum Gasteiger partial charge on any atom is -0.490 e. The zero-order valence-electron chi connectivity index (χ0n) is 26.1. The monoisotopic (exact) mass is 685 g/mol. The first kappa shape index (κ1) is 30.9. The summed E-state index contributed by atoms with van der Waals surface area (Å²) in [4.78, 5) is 58.2. The highest BCUT2D eigenvalue weighted by atomic mass is 32.2. The summed E-state index contributed by atoms with van der Waals surface area (Å²) in [7, 11) is 0. The topological polar surface area (TPSA) is 118 Å². The Morgan fingerprint density at radius 1 is 0.958 bits per heavy atom. The Labute approximate surface area is 283 Å². The normalized spacial score (nSPS) is 26.6. The van der Waals surface area contributed by atoms with E-state index in [9.17, 15) is 23.6 Å². The molecule has 2 aliphatic carbocycles. The quantitative estimate of drug-likeness (QED) is 0.219. The molecule has 1 saturated heterocycles. The van der Waals surface area contributed by atoms with Gasteiger partial charge in [0.2, 0.25) is 11.8 Å². The number of nitrogens with zero attached hydrogens (tertiary/aromatic N) is 1. The van der Waals surface area contributed by atoms with Crippen LogP contribution in [0.2, 0.25) is 0 Å². The summed E-state index contributed by atoms with van der Waals surface area (Å²) in [6, 6.07) is 18.6. The molecule has 4 aromatic rings. The summed E-state index contributed by atoms with van der Waals surface area (Å²) < 4.78 is 25.6. The number of H-pyrrole nitrogens is 1. The molecule has 8 rings (SSSR count). The van der Waals surface area contributed by atoms with Gasteiger partial charge in [-0.2, -0.15) is 0 Å². The standard InChI is InChI=1S/C36H32FN3O6S2/c1-3-45-25-14-18(6-13-24(25)46-16-26(41)38-20-9-4-17(2)5-10-20)27-28-22-15-23(31(28)47-33-32(27)48-36(44)39-33)30-29(22)34(42)40(35(30)43)21-11-7-19(37)8-12-21/h4-14,22-23,27-31H,3,15-16H2,1-2H3,(H,38,41)(H,39,44)/t22-,23-,27-,28?,29?,30?,31?/m1/s1. The molecule has 0 spiro atoms. The summed E-state index contributed by atoms with van der Waals surface area (Å²) in [6.07, 6.45) is 0.748. The van der Waals surface area contributed by atoms with E-state index >= 15 is 0 Å². The van der Waals surface area contributed by atoms with Crippen molar-refractivity contribution < 1.29 is 28.2 Å². The lowest BCUT2D eigenvalue weighted by Gasteiger charge is -2.43. The van der Waals surface area contributed by atoms with Gasteiger partial charge in [0.15, 0.2) is 18.1 Å². The van der Waals surface area contributed by atoms with Crippen molar-refractivity contribution in [2.75, 3.05) is 23.4 Å². The molecule has 48 heavy (non-hydrogen) atoms. The molecule has 3 amide bonds. The summed E-state index contributed by atoms with van der Waals surface area (Å²) >= 11 is 2.79. The second kappa shape index (κ2) is 11.9. The van der Waals surface area contributed by atoms with Gasteiger partial charge in [0, 0.05) is 21.7 Å². The number of nitrogens with one attached hydrogen (secondary N) is 2. The number of anilines is 2. The molecular formula is C36H32FN3O6S2. The average Bonchev–Trinajstić information content (AvgIpc) is 3.81. The number of amides is 3. The molecule has 0 radical (unpaired) electrons. The van der Waals surface area contributed by atoms with E-state index in [0.717, 1.165) is 27.5 Å². The molecule has 3 fully saturated rings. The first-order valence-corrected chi connectivity index (χ1v) is 17.7. The summed E-state index contributed by atoms with van der Waals surface area (Å²) in [5.41, 5.74) is 3.07. The highest BCUT2D eigenvalue weighted by Crippen LogP contribution is 2.68. The number of thiazole rings is 1. The number of ether oxygens (including phenoxy) is 2. The maximum Gasteiger partial charge on any atom is 0.305 e. The molecule has 2 bridgehead atoms. The van der Waals surface area contributed by atoms with Crippen LogP contribution in [0, 0.1) is 42.3 Å². The molecule has 2 saturated carbocycles. The molecule has 2 aliphatic heterocycles. The first-order chi connectivity index (χ1) is 23.2. The Hall–Kier alpha value is -4.42. The van der Waals surface area contributed by atoms with E-state index in [1.54, 1.807) is 17.8 Å². The molecular weight excluding hydrogens is 654 g/mol. The lowest BCUT2D eigenvalue weighted by atomic mass is 9.68. The number of benzene rings is 3. The molecule has 3 aromatic carbocycles. The van der Waals surface area contributed by atoms with Gasteiger partial charge in [-0.1, -0.05) is 35.1 Å². The van der Waals surface area contributed by atoms with Crippen molar-refractivity contribution in [2.24, 2.45) is 29.6 Å². The van der Waals surface area contributed by atoms with Crippen molar-refractivity contribution in [3.05, 3.63) is 98.2 Å². The molecule has 4 aliphatic rings. The van der Waals surface area contributed by atoms with Crippen molar-refractivity contribution >= 4 is 52.2 Å². The van der Waals surface area contributed by atoms with Crippen molar-refractivity contribution in [2.45, 2.75) is 36.5 Å². The molecule has 246 valence electrons. The Morgan fingerprint density at radius 3 is 2.42 bits per heavy atom. The van der Waals surface area contributed by atoms with Gasteiger partial charge in [-0.05, 0) is 92.1 Å². The first-order valence-electron chi connectivity index (χ1n) is 16.0. The maximum atomic E-state index is 14.0. The number of thioether (sulfide) groups is 1. The van der Waals surface area contributed by atoms with Crippen LogP contribution >= 0.6 is 23.1 Å². The van der Waals surface area contributed by atoms with Crippen LogP contribution < -0.4 is 24.6 Å². The van der Waals surface area contributed by atoms with Gasteiger partial charge >= 0.3 is 4.87 Å². The van der Waals surface area contributed by atoms with Gasteiger partial charge in [0.05, 0.1) is 29.2 Å². The van der Waals surface area contributed by atoms with Gasteiger partial charge in [0.1, 0.15) is 5.82 Å². The van der Waals surface area contributed by atoms with Crippen LogP contribution in [0.15, 0.2) is 76.6 Å². The van der Waals surface area contributed by atoms with Crippen LogP contribution in [-0.4, -0.2) is 41.2 Å². The van der Waals surface area contributed by atoms with Crippen molar-refractivity contribution in [1.29, 1.82) is 0 Å². The lowest BCUT2D eigenvalue weighted by molar-refractivity contribution is -0.123.